The summed E-state index contributed by atoms with van der Waals surface area (Å²) in [4.78, 5) is 38.8. The van der Waals surface area contributed by atoms with Gasteiger partial charge in [-0.3, -0.25) is 19.0 Å². The zero-order valence-corrected chi connectivity index (χ0v) is 16.9. The van der Waals surface area contributed by atoms with Crippen molar-refractivity contribution in [2.24, 2.45) is 5.92 Å². The van der Waals surface area contributed by atoms with E-state index in [9.17, 15) is 14.4 Å². The SMILES string of the molecule is O=C(NCC1CC(=O)N(c2ccc(-n3ccccc3=O)cc2)C1)c1ccc(Cl)s1. The minimum atomic E-state index is -0.176. The summed E-state index contributed by atoms with van der Waals surface area (Å²) in [5.41, 5.74) is 1.41. The van der Waals surface area contributed by atoms with Crippen LogP contribution in [-0.4, -0.2) is 29.5 Å². The second kappa shape index (κ2) is 8.23. The van der Waals surface area contributed by atoms with Crippen LogP contribution < -0.4 is 15.8 Å². The van der Waals surface area contributed by atoms with E-state index >= 15 is 0 Å². The highest BCUT2D eigenvalue weighted by Gasteiger charge is 2.30. The molecule has 1 aliphatic heterocycles. The van der Waals surface area contributed by atoms with E-state index in [1.807, 2.05) is 24.3 Å². The van der Waals surface area contributed by atoms with Gasteiger partial charge in [0.25, 0.3) is 11.5 Å². The lowest BCUT2D eigenvalue weighted by atomic mass is 10.1. The number of thiophene rings is 1. The van der Waals surface area contributed by atoms with Gasteiger partial charge in [-0.25, -0.2) is 0 Å². The van der Waals surface area contributed by atoms with Crippen molar-refractivity contribution in [1.29, 1.82) is 0 Å². The Labute approximate surface area is 176 Å². The first-order valence-electron chi connectivity index (χ1n) is 9.13. The minimum Gasteiger partial charge on any atom is -0.351 e. The molecule has 1 fully saturated rings. The molecule has 6 nitrogen and oxygen atoms in total. The molecule has 1 saturated heterocycles. The molecule has 148 valence electrons. The molecule has 2 amide bonds. The zero-order valence-electron chi connectivity index (χ0n) is 15.4. The van der Waals surface area contributed by atoms with E-state index in [1.165, 1.54) is 17.4 Å². The summed E-state index contributed by atoms with van der Waals surface area (Å²) in [5.74, 6) is -0.114. The molecule has 8 heteroatoms. The van der Waals surface area contributed by atoms with Crippen molar-refractivity contribution in [1.82, 2.24) is 9.88 Å². The number of aromatic nitrogens is 1. The summed E-state index contributed by atoms with van der Waals surface area (Å²) >= 11 is 7.09. The van der Waals surface area contributed by atoms with Crippen molar-refractivity contribution in [2.75, 3.05) is 18.0 Å². The van der Waals surface area contributed by atoms with Gasteiger partial charge < -0.3 is 10.2 Å². The molecule has 0 saturated carbocycles. The highest BCUT2D eigenvalue weighted by Crippen LogP contribution is 2.26. The molecule has 0 radical (unpaired) electrons. The zero-order chi connectivity index (χ0) is 20.4. The highest BCUT2D eigenvalue weighted by molar-refractivity contribution is 7.17. The Morgan fingerprint density at radius 1 is 1.07 bits per heavy atom. The number of nitrogens with zero attached hydrogens (tertiary/aromatic N) is 2. The molecule has 0 spiro atoms. The first-order valence-corrected chi connectivity index (χ1v) is 10.3. The molecule has 1 aromatic carbocycles. The molecule has 29 heavy (non-hydrogen) atoms. The van der Waals surface area contributed by atoms with Gasteiger partial charge in [0.05, 0.1) is 9.21 Å². The summed E-state index contributed by atoms with van der Waals surface area (Å²) in [7, 11) is 0. The lowest BCUT2D eigenvalue weighted by Gasteiger charge is -2.17. The number of hydrogen-bond donors (Lipinski definition) is 1. The van der Waals surface area contributed by atoms with Crippen molar-refractivity contribution in [3.05, 3.63) is 80.4 Å². The molecule has 1 atom stereocenters. The van der Waals surface area contributed by atoms with E-state index in [4.69, 9.17) is 11.6 Å². The van der Waals surface area contributed by atoms with E-state index in [-0.39, 0.29) is 23.3 Å². The Bertz CT molecular complexity index is 1110. The van der Waals surface area contributed by atoms with Gasteiger partial charge in [0, 0.05) is 49.1 Å². The summed E-state index contributed by atoms with van der Waals surface area (Å²) in [5, 5.41) is 2.88. The van der Waals surface area contributed by atoms with Crippen LogP contribution in [-0.2, 0) is 4.79 Å². The van der Waals surface area contributed by atoms with Crippen LogP contribution in [0.2, 0.25) is 4.34 Å². The van der Waals surface area contributed by atoms with Crippen LogP contribution in [0.5, 0.6) is 0 Å². The number of halogens is 1. The number of pyridine rings is 1. The van der Waals surface area contributed by atoms with Crippen LogP contribution in [0.3, 0.4) is 0 Å². The Balaban J connectivity index is 1.39. The molecular formula is C21H18ClN3O3S. The normalized spacial score (nSPS) is 16.2. The van der Waals surface area contributed by atoms with Crippen LogP contribution in [0.25, 0.3) is 5.69 Å². The molecule has 1 unspecified atom stereocenters. The lowest BCUT2D eigenvalue weighted by Crippen LogP contribution is -2.30. The monoisotopic (exact) mass is 427 g/mol. The van der Waals surface area contributed by atoms with Gasteiger partial charge in [-0.1, -0.05) is 17.7 Å². The maximum absolute atomic E-state index is 12.5. The van der Waals surface area contributed by atoms with Gasteiger partial charge in [-0.15, -0.1) is 11.3 Å². The number of nitrogens with one attached hydrogen (secondary N) is 1. The lowest BCUT2D eigenvalue weighted by molar-refractivity contribution is -0.117. The number of amides is 2. The number of carbonyl (C=O) groups excluding carboxylic acids is 2. The van der Waals surface area contributed by atoms with E-state index in [0.717, 1.165) is 11.4 Å². The van der Waals surface area contributed by atoms with E-state index in [2.05, 4.69) is 5.32 Å². The average Bonchev–Trinajstić information content (AvgIpc) is 3.32. The topological polar surface area (TPSA) is 71.4 Å². The number of rotatable bonds is 5. The van der Waals surface area contributed by atoms with E-state index in [1.54, 1.807) is 39.9 Å². The predicted octanol–water partition coefficient (Wildman–Crippen LogP) is 3.34. The van der Waals surface area contributed by atoms with Crippen molar-refractivity contribution >= 4 is 40.4 Å². The molecule has 1 aliphatic rings. The molecule has 3 aromatic rings. The Kier molecular flexibility index (Phi) is 5.51. The molecule has 0 bridgehead atoms. The van der Waals surface area contributed by atoms with Crippen LogP contribution in [0.4, 0.5) is 5.69 Å². The maximum atomic E-state index is 12.5. The minimum absolute atomic E-state index is 0.0213. The molecule has 3 heterocycles. The third kappa shape index (κ3) is 4.26. The maximum Gasteiger partial charge on any atom is 0.261 e. The largest absolute Gasteiger partial charge is 0.351 e. The number of carbonyl (C=O) groups is 2. The van der Waals surface area contributed by atoms with E-state index < -0.39 is 0 Å². The molecule has 4 rings (SSSR count). The van der Waals surface area contributed by atoms with Gasteiger partial charge in [0.1, 0.15) is 0 Å². The fraction of sp³-hybridized carbons (Fsp3) is 0.190. The Hall–Kier alpha value is -2.90. The highest BCUT2D eigenvalue weighted by atomic mass is 35.5. The molecule has 2 aromatic heterocycles. The summed E-state index contributed by atoms with van der Waals surface area (Å²) < 4.78 is 2.11. The van der Waals surface area contributed by atoms with Crippen LogP contribution in [0, 0.1) is 5.92 Å². The van der Waals surface area contributed by atoms with E-state index in [0.29, 0.717) is 28.7 Å². The van der Waals surface area contributed by atoms with Gasteiger partial charge >= 0.3 is 0 Å². The summed E-state index contributed by atoms with van der Waals surface area (Å²) in [6.07, 6.45) is 2.09. The third-order valence-electron chi connectivity index (χ3n) is 4.82. The number of anilines is 1. The standard InChI is InChI=1S/C21H18ClN3O3S/c22-18-9-8-17(29-18)21(28)23-12-14-11-20(27)25(13-14)16-6-4-15(5-7-16)24-10-2-1-3-19(24)26/h1-10,14H,11-13H2,(H,23,28). The average molecular weight is 428 g/mol. The molecular weight excluding hydrogens is 410 g/mol. The second-order valence-electron chi connectivity index (χ2n) is 6.81. The van der Waals surface area contributed by atoms with Gasteiger partial charge in [-0.05, 0) is 42.5 Å². The van der Waals surface area contributed by atoms with Crippen LogP contribution >= 0.6 is 22.9 Å². The summed E-state index contributed by atoms with van der Waals surface area (Å²) in [6, 6.07) is 15.7. The van der Waals surface area contributed by atoms with Crippen molar-refractivity contribution in [3.63, 3.8) is 0 Å². The second-order valence-corrected chi connectivity index (χ2v) is 8.53. The fourth-order valence-electron chi connectivity index (χ4n) is 3.36. The quantitative estimate of drug-likeness (QED) is 0.678. The van der Waals surface area contributed by atoms with Gasteiger partial charge in [-0.2, -0.15) is 0 Å². The van der Waals surface area contributed by atoms with Crippen LogP contribution in [0.15, 0.2) is 65.6 Å². The van der Waals surface area contributed by atoms with Crippen molar-refractivity contribution < 1.29 is 9.59 Å². The first kappa shape index (κ1) is 19.4. The van der Waals surface area contributed by atoms with Crippen LogP contribution in [0.1, 0.15) is 16.1 Å². The molecule has 1 N–H and O–H groups in total. The van der Waals surface area contributed by atoms with Gasteiger partial charge in [0.2, 0.25) is 5.91 Å². The summed E-state index contributed by atoms with van der Waals surface area (Å²) in [6.45, 7) is 0.961. The van der Waals surface area contributed by atoms with Gasteiger partial charge in [0.15, 0.2) is 0 Å². The van der Waals surface area contributed by atoms with Crippen molar-refractivity contribution in [2.45, 2.75) is 6.42 Å². The smallest absolute Gasteiger partial charge is 0.261 e. The Morgan fingerprint density at radius 3 is 2.52 bits per heavy atom. The number of hydrogen-bond acceptors (Lipinski definition) is 4. The molecule has 0 aliphatic carbocycles. The van der Waals surface area contributed by atoms with Crippen molar-refractivity contribution in [3.8, 4) is 5.69 Å². The number of benzene rings is 1. The predicted molar refractivity (Wildman–Crippen MR) is 114 cm³/mol. The first-order chi connectivity index (χ1) is 14.0. The third-order valence-corrected chi connectivity index (χ3v) is 6.05. The fourth-order valence-corrected chi connectivity index (χ4v) is 4.32. The Morgan fingerprint density at radius 2 is 1.83 bits per heavy atom.